The Hall–Kier alpha value is -2.79. The Kier molecular flexibility index (Phi) is 16.8. The van der Waals surface area contributed by atoms with E-state index in [-0.39, 0.29) is 23.7 Å². The van der Waals surface area contributed by atoms with Gasteiger partial charge in [0, 0.05) is 53.2 Å². The van der Waals surface area contributed by atoms with Crippen LogP contribution in [-0.4, -0.2) is 87.5 Å². The molecule has 0 saturated heterocycles. The molecule has 3 unspecified atom stereocenters. The Morgan fingerprint density at radius 3 is 2.00 bits per heavy atom. The van der Waals surface area contributed by atoms with Gasteiger partial charge in [-0.15, -0.1) is 0 Å². The maximum absolute atomic E-state index is 14.0. The number of benzene rings is 1. The lowest BCUT2D eigenvalue weighted by molar-refractivity contribution is -0.206. The molecular formula is C33H54F3N3O5. The fourth-order valence-corrected chi connectivity index (χ4v) is 5.32. The highest BCUT2D eigenvalue weighted by Gasteiger charge is 2.48. The van der Waals surface area contributed by atoms with Crippen molar-refractivity contribution >= 4 is 11.8 Å². The molecule has 44 heavy (non-hydrogen) atoms. The fourth-order valence-electron chi connectivity index (χ4n) is 5.32. The number of hydrazine groups is 1. The number of ether oxygens (including phenoxy) is 3. The topological polar surface area (TPSA) is 71.5 Å². The fraction of sp³-hybridized carbons (Fsp3) is 0.697. The van der Waals surface area contributed by atoms with Gasteiger partial charge in [0.25, 0.3) is 0 Å². The summed E-state index contributed by atoms with van der Waals surface area (Å²) < 4.78 is 58.4. The second-order valence-electron chi connectivity index (χ2n) is 11.8. The smallest absolute Gasteiger partial charge is 0.472 e. The van der Waals surface area contributed by atoms with Crippen molar-refractivity contribution in [3.05, 3.63) is 35.9 Å². The number of carbonyl (C=O) groups excluding carboxylic acids is 2. The third-order valence-corrected chi connectivity index (χ3v) is 7.85. The molecule has 1 rings (SSSR count). The van der Waals surface area contributed by atoms with E-state index in [2.05, 4.69) is 0 Å². The quantitative estimate of drug-likeness (QED) is 0.0956. The predicted octanol–water partition coefficient (Wildman–Crippen LogP) is 6.77. The predicted molar refractivity (Wildman–Crippen MR) is 167 cm³/mol. The number of halogens is 3. The van der Waals surface area contributed by atoms with Gasteiger partial charge in [0.15, 0.2) is 11.5 Å². The molecule has 0 fully saturated rings. The van der Waals surface area contributed by atoms with Gasteiger partial charge < -0.3 is 19.1 Å². The van der Waals surface area contributed by atoms with Gasteiger partial charge >= 0.3 is 12.1 Å². The summed E-state index contributed by atoms with van der Waals surface area (Å²) in [4.78, 5) is 27.9. The number of rotatable bonds is 19. The van der Waals surface area contributed by atoms with Gasteiger partial charge in [0.1, 0.15) is 0 Å². The van der Waals surface area contributed by atoms with Crippen LogP contribution in [0.1, 0.15) is 72.4 Å². The van der Waals surface area contributed by atoms with Crippen LogP contribution < -0.4 is 9.47 Å². The average molecular weight is 630 g/mol. The summed E-state index contributed by atoms with van der Waals surface area (Å²) in [5.74, 6) is -1.66. The molecular weight excluding hydrogens is 575 g/mol. The van der Waals surface area contributed by atoms with Crippen molar-refractivity contribution < 1.29 is 37.0 Å². The number of hydrogen-bond acceptors (Lipinski definition) is 6. The van der Waals surface area contributed by atoms with Crippen LogP contribution in [0.25, 0.3) is 0 Å². The number of hydrogen-bond donors (Lipinski definition) is 0. The highest BCUT2D eigenvalue weighted by atomic mass is 19.4. The number of methoxy groups -OCH3 is 2. The molecule has 0 spiro atoms. The van der Waals surface area contributed by atoms with Crippen molar-refractivity contribution in [3.63, 3.8) is 0 Å². The number of alkyl halides is 3. The van der Waals surface area contributed by atoms with Crippen molar-refractivity contribution in [3.8, 4) is 11.5 Å². The Morgan fingerprint density at radius 1 is 0.909 bits per heavy atom. The molecule has 1 aromatic rings. The Morgan fingerprint density at radius 2 is 1.52 bits per heavy atom. The third-order valence-electron chi connectivity index (χ3n) is 7.85. The molecule has 0 heterocycles. The van der Waals surface area contributed by atoms with Crippen LogP contribution in [0.5, 0.6) is 11.5 Å². The monoisotopic (exact) mass is 629 g/mol. The Bertz CT molecular complexity index is 1040. The van der Waals surface area contributed by atoms with Crippen LogP contribution in [0.2, 0.25) is 0 Å². The van der Waals surface area contributed by atoms with Gasteiger partial charge in [-0.25, -0.2) is 5.01 Å². The van der Waals surface area contributed by atoms with E-state index in [1.54, 1.807) is 25.3 Å². The molecule has 11 heteroatoms. The number of amides is 2. The summed E-state index contributed by atoms with van der Waals surface area (Å²) in [6.45, 7) is 13.9. The zero-order chi connectivity index (χ0) is 33.6. The molecule has 0 aliphatic rings. The Labute approximate surface area is 262 Å². The molecule has 0 N–H and O–H groups in total. The molecule has 0 aromatic heterocycles. The van der Waals surface area contributed by atoms with Gasteiger partial charge in [0.2, 0.25) is 5.91 Å². The van der Waals surface area contributed by atoms with Gasteiger partial charge in [-0.1, -0.05) is 45.9 Å². The first kappa shape index (κ1) is 39.2. The van der Waals surface area contributed by atoms with Crippen LogP contribution in [0.3, 0.4) is 0 Å². The van der Waals surface area contributed by atoms with E-state index < -0.39 is 24.0 Å². The minimum Gasteiger partial charge on any atom is -0.493 e. The van der Waals surface area contributed by atoms with E-state index in [1.807, 2.05) is 58.6 Å². The zero-order valence-electron chi connectivity index (χ0n) is 28.2. The van der Waals surface area contributed by atoms with E-state index in [9.17, 15) is 22.8 Å². The molecule has 8 nitrogen and oxygen atoms in total. The van der Waals surface area contributed by atoms with Crippen molar-refractivity contribution in [1.82, 2.24) is 14.9 Å². The Balaban J connectivity index is 3.59. The zero-order valence-corrected chi connectivity index (χ0v) is 28.2. The lowest BCUT2D eigenvalue weighted by Crippen LogP contribution is -2.52. The van der Waals surface area contributed by atoms with Crippen molar-refractivity contribution in [2.75, 3.05) is 54.6 Å². The number of allylic oxidation sites excluding steroid dienone is 2. The molecule has 0 aliphatic heterocycles. The maximum atomic E-state index is 14.0. The van der Waals surface area contributed by atoms with Crippen molar-refractivity contribution in [2.45, 2.75) is 73.0 Å². The summed E-state index contributed by atoms with van der Waals surface area (Å²) in [5, 5.41) is 1.98. The minimum absolute atomic E-state index is 0.0961. The molecule has 1 aromatic carbocycles. The SMILES string of the molecule is CCN(CC)C(=O)C(C/C=C/CC(C(C)C)C(c1ccc(OC)c(OCCCOC)c1)N(C(=O)C(F)(F)F)N(C)C)C(C)C. The van der Waals surface area contributed by atoms with E-state index in [0.29, 0.717) is 62.6 Å². The minimum atomic E-state index is -5.08. The second-order valence-corrected chi connectivity index (χ2v) is 11.8. The summed E-state index contributed by atoms with van der Waals surface area (Å²) in [6, 6.07) is 4.02. The molecule has 2 amide bonds. The largest absolute Gasteiger partial charge is 0.493 e. The third kappa shape index (κ3) is 11.3. The first-order valence-corrected chi connectivity index (χ1v) is 15.5. The summed E-state index contributed by atoms with van der Waals surface area (Å²) in [6.07, 6.45) is 0.308. The molecule has 0 radical (unpaired) electrons. The molecule has 0 saturated carbocycles. The van der Waals surface area contributed by atoms with Gasteiger partial charge in [-0.3, -0.25) is 14.6 Å². The highest BCUT2D eigenvalue weighted by Crippen LogP contribution is 2.41. The first-order valence-electron chi connectivity index (χ1n) is 15.5. The summed E-state index contributed by atoms with van der Waals surface area (Å²) in [5.41, 5.74) is 0.489. The summed E-state index contributed by atoms with van der Waals surface area (Å²) >= 11 is 0. The van der Waals surface area contributed by atoms with Crippen LogP contribution in [0.15, 0.2) is 30.4 Å². The van der Waals surface area contributed by atoms with E-state index in [0.717, 1.165) is 5.01 Å². The van der Waals surface area contributed by atoms with E-state index >= 15 is 0 Å². The van der Waals surface area contributed by atoms with Crippen LogP contribution in [-0.2, 0) is 14.3 Å². The molecule has 252 valence electrons. The molecule has 0 bridgehead atoms. The van der Waals surface area contributed by atoms with Gasteiger partial charge in [-0.05, 0) is 62.1 Å². The maximum Gasteiger partial charge on any atom is 0.472 e. The first-order chi connectivity index (χ1) is 20.7. The number of carbonyl (C=O) groups is 2. The van der Waals surface area contributed by atoms with Crippen LogP contribution >= 0.6 is 0 Å². The lowest BCUT2D eigenvalue weighted by Gasteiger charge is -2.42. The molecule has 3 atom stereocenters. The van der Waals surface area contributed by atoms with Crippen LogP contribution in [0, 0.1) is 23.7 Å². The normalized spacial score (nSPS) is 14.3. The van der Waals surface area contributed by atoms with Crippen molar-refractivity contribution in [1.29, 1.82) is 0 Å². The number of nitrogens with zero attached hydrogens (tertiary/aromatic N) is 3. The van der Waals surface area contributed by atoms with E-state index in [4.69, 9.17) is 14.2 Å². The standard InChI is InChI=1S/C33H54F3N3O5/c1-11-38(12-2)31(40)27(24(5)6)17-14-13-16-26(23(3)4)30(39(37(7)8)32(41)33(34,35)36)25-18-19-28(43-10)29(22-25)44-21-15-20-42-9/h13-14,18-19,22-24,26-27,30H,11-12,15-17,20-21H2,1-10H3/b14-13+. The summed E-state index contributed by atoms with van der Waals surface area (Å²) in [7, 11) is 5.94. The highest BCUT2D eigenvalue weighted by molar-refractivity contribution is 5.82. The average Bonchev–Trinajstić information content (AvgIpc) is 2.95. The van der Waals surface area contributed by atoms with Crippen molar-refractivity contribution in [2.24, 2.45) is 23.7 Å². The van der Waals surface area contributed by atoms with Gasteiger partial charge in [-0.2, -0.15) is 13.2 Å². The molecule has 0 aliphatic carbocycles. The van der Waals surface area contributed by atoms with E-state index in [1.165, 1.54) is 26.2 Å². The van der Waals surface area contributed by atoms with Crippen LogP contribution in [0.4, 0.5) is 13.2 Å². The second kappa shape index (κ2) is 18.9. The lowest BCUT2D eigenvalue weighted by atomic mass is 9.81. The van der Waals surface area contributed by atoms with Gasteiger partial charge in [0.05, 0.1) is 19.8 Å².